The van der Waals surface area contributed by atoms with Gasteiger partial charge < -0.3 is 0 Å². The van der Waals surface area contributed by atoms with E-state index in [4.69, 9.17) is 0 Å². The Morgan fingerprint density at radius 3 is 2.33 bits per heavy atom. The molecule has 0 heterocycles. The fourth-order valence-corrected chi connectivity index (χ4v) is 1.49. The summed E-state index contributed by atoms with van der Waals surface area (Å²) < 4.78 is 13.0. The molecule has 1 radical (unpaired) electrons. The first-order valence-corrected chi connectivity index (χ1v) is 4.75. The SMILES string of the molecule is [O]c1ccc(Cc2ccccc2)cc1F. The molecule has 0 aliphatic carbocycles. The van der Waals surface area contributed by atoms with Crippen LogP contribution in [0.5, 0.6) is 5.75 Å². The van der Waals surface area contributed by atoms with Gasteiger partial charge in [0.1, 0.15) is 0 Å². The second-order valence-electron chi connectivity index (χ2n) is 3.43. The van der Waals surface area contributed by atoms with Crippen molar-refractivity contribution in [3.63, 3.8) is 0 Å². The van der Waals surface area contributed by atoms with Crippen molar-refractivity contribution in [2.45, 2.75) is 6.42 Å². The average molecular weight is 201 g/mol. The molecule has 0 saturated carbocycles. The maximum atomic E-state index is 13.0. The van der Waals surface area contributed by atoms with Crippen LogP contribution in [0, 0.1) is 5.82 Å². The van der Waals surface area contributed by atoms with Gasteiger partial charge in [0, 0.05) is 0 Å². The van der Waals surface area contributed by atoms with Gasteiger partial charge >= 0.3 is 0 Å². The van der Waals surface area contributed by atoms with Crippen LogP contribution in [0.15, 0.2) is 48.5 Å². The average Bonchev–Trinajstić information content (AvgIpc) is 2.25. The molecule has 0 bridgehead atoms. The zero-order valence-electron chi connectivity index (χ0n) is 8.11. The van der Waals surface area contributed by atoms with E-state index >= 15 is 0 Å². The van der Waals surface area contributed by atoms with Gasteiger partial charge in [-0.15, -0.1) is 0 Å². The molecular formula is C13H10FO. The van der Waals surface area contributed by atoms with E-state index in [1.807, 2.05) is 30.3 Å². The fraction of sp³-hybridized carbons (Fsp3) is 0.0769. The summed E-state index contributed by atoms with van der Waals surface area (Å²) in [6.45, 7) is 0. The third-order valence-corrected chi connectivity index (χ3v) is 2.25. The Hall–Kier alpha value is -1.83. The van der Waals surface area contributed by atoms with Gasteiger partial charge in [-0.3, -0.25) is 5.11 Å². The van der Waals surface area contributed by atoms with Crippen molar-refractivity contribution in [1.29, 1.82) is 0 Å². The number of hydrogen-bond acceptors (Lipinski definition) is 0. The topological polar surface area (TPSA) is 19.9 Å². The summed E-state index contributed by atoms with van der Waals surface area (Å²) in [5.74, 6) is -1.23. The predicted molar refractivity (Wildman–Crippen MR) is 55.8 cm³/mol. The van der Waals surface area contributed by atoms with Crippen LogP contribution in [0.25, 0.3) is 0 Å². The standard InChI is InChI=1S/C13H10FO/c14-12-9-11(6-7-13(12)15)8-10-4-2-1-3-5-10/h1-7,9H,8H2. The van der Waals surface area contributed by atoms with Crippen molar-refractivity contribution >= 4 is 0 Å². The summed E-state index contributed by atoms with van der Waals surface area (Å²) in [6, 6.07) is 14.0. The molecule has 0 spiro atoms. The highest BCUT2D eigenvalue weighted by Gasteiger charge is 2.03. The zero-order chi connectivity index (χ0) is 10.7. The van der Waals surface area contributed by atoms with Crippen LogP contribution in [0.3, 0.4) is 0 Å². The fourth-order valence-electron chi connectivity index (χ4n) is 1.49. The summed E-state index contributed by atoms with van der Waals surface area (Å²) in [5, 5.41) is 10.8. The molecule has 0 saturated heterocycles. The molecule has 0 aromatic heterocycles. The minimum atomic E-state index is -0.677. The van der Waals surface area contributed by atoms with Crippen molar-refractivity contribution < 1.29 is 9.50 Å². The lowest BCUT2D eigenvalue weighted by molar-refractivity contribution is 0.329. The summed E-state index contributed by atoms with van der Waals surface area (Å²) >= 11 is 0. The minimum Gasteiger partial charge on any atom is -0.287 e. The van der Waals surface area contributed by atoms with E-state index in [9.17, 15) is 9.50 Å². The summed E-state index contributed by atoms with van der Waals surface area (Å²) in [4.78, 5) is 0. The molecule has 0 fully saturated rings. The first-order valence-electron chi connectivity index (χ1n) is 4.75. The summed E-state index contributed by atoms with van der Waals surface area (Å²) in [6.07, 6.45) is 0.651. The second kappa shape index (κ2) is 4.13. The molecule has 0 aliphatic rings. The summed E-state index contributed by atoms with van der Waals surface area (Å²) in [7, 11) is 0. The quantitative estimate of drug-likeness (QED) is 0.708. The van der Waals surface area contributed by atoms with Crippen molar-refractivity contribution in [2.75, 3.05) is 0 Å². The lowest BCUT2D eigenvalue weighted by atomic mass is 10.1. The van der Waals surface area contributed by atoms with E-state index in [0.717, 1.165) is 11.1 Å². The normalized spacial score (nSPS) is 10.2. The lowest BCUT2D eigenvalue weighted by Crippen LogP contribution is -1.88. The van der Waals surface area contributed by atoms with Gasteiger partial charge in [-0.2, -0.15) is 0 Å². The smallest absolute Gasteiger partial charge is 0.214 e. The number of halogens is 1. The van der Waals surface area contributed by atoms with Crippen molar-refractivity contribution in [1.82, 2.24) is 0 Å². The third-order valence-electron chi connectivity index (χ3n) is 2.25. The molecular weight excluding hydrogens is 191 g/mol. The minimum absolute atomic E-state index is 0.549. The Morgan fingerprint density at radius 1 is 0.933 bits per heavy atom. The highest BCUT2D eigenvalue weighted by atomic mass is 19.1. The lowest BCUT2D eigenvalue weighted by Gasteiger charge is -2.01. The monoisotopic (exact) mass is 201 g/mol. The molecule has 2 rings (SSSR count). The maximum Gasteiger partial charge on any atom is 0.214 e. The molecule has 2 aromatic carbocycles. The second-order valence-corrected chi connectivity index (χ2v) is 3.43. The third kappa shape index (κ3) is 2.34. The molecule has 0 N–H and O–H groups in total. The largest absolute Gasteiger partial charge is 0.287 e. The molecule has 0 unspecified atom stereocenters. The summed E-state index contributed by atoms with van der Waals surface area (Å²) in [5.41, 5.74) is 1.92. The van der Waals surface area contributed by atoms with Crippen LogP contribution in [-0.2, 0) is 11.5 Å². The Bertz CT molecular complexity index is 451. The molecule has 0 atom stereocenters. The van der Waals surface area contributed by atoms with Crippen LogP contribution in [-0.4, -0.2) is 0 Å². The van der Waals surface area contributed by atoms with Crippen molar-refractivity contribution in [2.24, 2.45) is 0 Å². The number of benzene rings is 2. The van der Waals surface area contributed by atoms with E-state index in [1.54, 1.807) is 6.07 Å². The van der Waals surface area contributed by atoms with Gasteiger partial charge in [0.2, 0.25) is 5.75 Å². The van der Waals surface area contributed by atoms with E-state index < -0.39 is 11.6 Å². The van der Waals surface area contributed by atoms with Gasteiger partial charge in [-0.25, -0.2) is 4.39 Å². The van der Waals surface area contributed by atoms with Crippen molar-refractivity contribution in [3.05, 3.63) is 65.5 Å². The van der Waals surface area contributed by atoms with Gasteiger partial charge in [0.15, 0.2) is 5.82 Å². The Kier molecular flexibility index (Phi) is 2.68. The highest BCUT2D eigenvalue weighted by molar-refractivity contribution is 5.31. The van der Waals surface area contributed by atoms with E-state index in [0.29, 0.717) is 6.42 Å². The molecule has 75 valence electrons. The van der Waals surface area contributed by atoms with Gasteiger partial charge in [-0.05, 0) is 29.7 Å². The van der Waals surface area contributed by atoms with Gasteiger partial charge in [0.05, 0.1) is 0 Å². The van der Waals surface area contributed by atoms with Crippen LogP contribution in [0.1, 0.15) is 11.1 Å². The van der Waals surface area contributed by atoms with Gasteiger partial charge in [0.25, 0.3) is 0 Å². The molecule has 2 heteroatoms. The Labute approximate surface area is 87.8 Å². The number of hydrogen-bond donors (Lipinski definition) is 0. The van der Waals surface area contributed by atoms with E-state index in [-0.39, 0.29) is 0 Å². The molecule has 15 heavy (non-hydrogen) atoms. The van der Waals surface area contributed by atoms with Crippen LogP contribution < -0.4 is 0 Å². The Balaban J connectivity index is 2.22. The first-order chi connectivity index (χ1) is 7.25. The molecule has 2 aromatic rings. The molecule has 1 nitrogen and oxygen atoms in total. The predicted octanol–water partition coefficient (Wildman–Crippen LogP) is 3.56. The van der Waals surface area contributed by atoms with Crippen LogP contribution >= 0.6 is 0 Å². The number of rotatable bonds is 2. The van der Waals surface area contributed by atoms with Crippen LogP contribution in [0.4, 0.5) is 4.39 Å². The van der Waals surface area contributed by atoms with E-state index in [2.05, 4.69) is 0 Å². The highest BCUT2D eigenvalue weighted by Crippen LogP contribution is 2.18. The Morgan fingerprint density at radius 2 is 1.67 bits per heavy atom. The first kappa shape index (κ1) is 9.71. The van der Waals surface area contributed by atoms with Gasteiger partial charge in [-0.1, -0.05) is 36.4 Å². The molecule has 0 aliphatic heterocycles. The zero-order valence-corrected chi connectivity index (χ0v) is 8.11. The van der Waals surface area contributed by atoms with E-state index in [1.165, 1.54) is 12.1 Å². The maximum absolute atomic E-state index is 13.0. The van der Waals surface area contributed by atoms with Crippen LogP contribution in [0.2, 0.25) is 0 Å². The molecule has 0 amide bonds. The van der Waals surface area contributed by atoms with Crippen molar-refractivity contribution in [3.8, 4) is 5.75 Å².